The smallest absolute Gasteiger partial charge is 0.147 e. The zero-order chi connectivity index (χ0) is 21.8. The monoisotopic (exact) mass is 412 g/mol. The molecule has 0 saturated carbocycles. The SMILES string of the molecule is CCN(CC)c1ccccc1C(Nc1ccccn1)c1ccc2ccc(C)nc2c1O. The van der Waals surface area contributed by atoms with Crippen molar-refractivity contribution in [1.82, 2.24) is 9.97 Å². The number of fused-ring (bicyclic) bond motifs is 1. The number of aryl methyl sites for hydroxylation is 1. The van der Waals surface area contributed by atoms with Crippen LogP contribution in [-0.2, 0) is 0 Å². The van der Waals surface area contributed by atoms with Gasteiger partial charge in [0.1, 0.15) is 17.1 Å². The van der Waals surface area contributed by atoms with E-state index in [1.807, 2.05) is 55.5 Å². The van der Waals surface area contributed by atoms with Crippen LogP contribution in [0.15, 0.2) is 72.9 Å². The summed E-state index contributed by atoms with van der Waals surface area (Å²) < 4.78 is 0. The molecule has 0 saturated heterocycles. The molecule has 4 rings (SSSR count). The van der Waals surface area contributed by atoms with Crippen molar-refractivity contribution in [2.24, 2.45) is 0 Å². The minimum absolute atomic E-state index is 0.198. The van der Waals surface area contributed by atoms with E-state index in [-0.39, 0.29) is 11.8 Å². The number of hydrogen-bond acceptors (Lipinski definition) is 5. The molecule has 31 heavy (non-hydrogen) atoms. The van der Waals surface area contributed by atoms with Gasteiger partial charge in [-0.15, -0.1) is 0 Å². The molecule has 0 aliphatic heterocycles. The van der Waals surface area contributed by atoms with Gasteiger partial charge in [-0.05, 0) is 45.0 Å². The third-order valence-electron chi connectivity index (χ3n) is 5.63. The molecule has 4 aromatic rings. The van der Waals surface area contributed by atoms with Crippen LogP contribution in [0.5, 0.6) is 5.75 Å². The highest BCUT2D eigenvalue weighted by Crippen LogP contribution is 2.39. The second kappa shape index (κ2) is 9.04. The van der Waals surface area contributed by atoms with Crippen molar-refractivity contribution in [2.75, 3.05) is 23.3 Å². The molecule has 2 aromatic heterocycles. The van der Waals surface area contributed by atoms with Gasteiger partial charge in [0, 0.05) is 47.2 Å². The van der Waals surface area contributed by atoms with Crippen molar-refractivity contribution < 1.29 is 5.11 Å². The van der Waals surface area contributed by atoms with Crippen LogP contribution >= 0.6 is 0 Å². The van der Waals surface area contributed by atoms with Gasteiger partial charge in [0.05, 0.1) is 6.04 Å². The second-order valence-electron chi connectivity index (χ2n) is 7.55. The van der Waals surface area contributed by atoms with Crippen LogP contribution in [0.1, 0.15) is 36.7 Å². The van der Waals surface area contributed by atoms with Crippen molar-refractivity contribution in [2.45, 2.75) is 26.8 Å². The Labute approximate surface area is 183 Å². The van der Waals surface area contributed by atoms with E-state index in [9.17, 15) is 5.11 Å². The standard InChI is InChI=1S/C26H28N4O/c1-4-30(5-2)22-11-7-6-10-20(22)25(29-23-12-8-9-17-27-23)21-16-15-19-14-13-18(3)28-24(19)26(21)31/h6-17,25,31H,4-5H2,1-3H3,(H,27,29). The van der Waals surface area contributed by atoms with Gasteiger partial charge in [-0.3, -0.25) is 0 Å². The maximum Gasteiger partial charge on any atom is 0.147 e. The van der Waals surface area contributed by atoms with Gasteiger partial charge in [0.25, 0.3) is 0 Å². The molecule has 2 heterocycles. The first-order chi connectivity index (χ1) is 15.1. The molecular formula is C26H28N4O. The highest BCUT2D eigenvalue weighted by atomic mass is 16.3. The number of nitrogens with one attached hydrogen (secondary N) is 1. The maximum atomic E-state index is 11.3. The first-order valence-electron chi connectivity index (χ1n) is 10.7. The fraction of sp³-hybridized carbons (Fsp3) is 0.231. The highest BCUT2D eigenvalue weighted by molar-refractivity contribution is 5.86. The largest absolute Gasteiger partial charge is 0.505 e. The lowest BCUT2D eigenvalue weighted by atomic mass is 9.94. The van der Waals surface area contributed by atoms with Gasteiger partial charge < -0.3 is 15.3 Å². The first-order valence-corrected chi connectivity index (χ1v) is 10.7. The summed E-state index contributed by atoms with van der Waals surface area (Å²) in [5, 5.41) is 15.8. The number of anilines is 2. The van der Waals surface area contributed by atoms with Crippen LogP contribution in [0.4, 0.5) is 11.5 Å². The van der Waals surface area contributed by atoms with E-state index in [0.717, 1.165) is 46.8 Å². The van der Waals surface area contributed by atoms with Gasteiger partial charge >= 0.3 is 0 Å². The molecule has 0 radical (unpaired) electrons. The van der Waals surface area contributed by atoms with Crippen LogP contribution in [0, 0.1) is 6.92 Å². The fourth-order valence-corrected chi connectivity index (χ4v) is 4.02. The Bertz CT molecular complexity index is 1170. The number of pyridine rings is 2. The predicted octanol–water partition coefficient (Wildman–Crippen LogP) is 5.69. The average Bonchev–Trinajstić information content (AvgIpc) is 2.80. The summed E-state index contributed by atoms with van der Waals surface area (Å²) in [6.45, 7) is 8.04. The number of nitrogens with zero attached hydrogens (tertiary/aromatic N) is 3. The van der Waals surface area contributed by atoms with Gasteiger partial charge in [-0.25, -0.2) is 9.97 Å². The van der Waals surface area contributed by atoms with E-state index in [2.05, 4.69) is 52.2 Å². The Morgan fingerprint density at radius 3 is 2.39 bits per heavy atom. The van der Waals surface area contributed by atoms with Crippen LogP contribution in [0.25, 0.3) is 10.9 Å². The topological polar surface area (TPSA) is 61.3 Å². The Hall–Kier alpha value is -3.60. The molecule has 5 nitrogen and oxygen atoms in total. The normalized spacial score (nSPS) is 12.0. The molecule has 0 spiro atoms. The van der Waals surface area contributed by atoms with Crippen molar-refractivity contribution in [3.63, 3.8) is 0 Å². The molecule has 0 aliphatic rings. The summed E-state index contributed by atoms with van der Waals surface area (Å²) in [4.78, 5) is 11.4. The molecule has 0 bridgehead atoms. The predicted molar refractivity (Wildman–Crippen MR) is 128 cm³/mol. The lowest BCUT2D eigenvalue weighted by Gasteiger charge is -2.29. The number of phenols is 1. The van der Waals surface area contributed by atoms with Crippen LogP contribution < -0.4 is 10.2 Å². The number of benzene rings is 2. The summed E-state index contributed by atoms with van der Waals surface area (Å²) in [5.41, 5.74) is 4.48. The van der Waals surface area contributed by atoms with Crippen LogP contribution in [-0.4, -0.2) is 28.2 Å². The van der Waals surface area contributed by atoms with Gasteiger partial charge in [0.2, 0.25) is 0 Å². The number of aromatic hydroxyl groups is 1. The van der Waals surface area contributed by atoms with Crippen molar-refractivity contribution in [1.29, 1.82) is 0 Å². The second-order valence-corrected chi connectivity index (χ2v) is 7.55. The van der Waals surface area contributed by atoms with E-state index in [0.29, 0.717) is 5.52 Å². The summed E-state index contributed by atoms with van der Waals surface area (Å²) in [7, 11) is 0. The molecular weight excluding hydrogens is 384 g/mol. The number of para-hydroxylation sites is 1. The highest BCUT2D eigenvalue weighted by Gasteiger charge is 2.24. The Balaban J connectivity index is 1.91. The van der Waals surface area contributed by atoms with Gasteiger partial charge in [-0.2, -0.15) is 0 Å². The quantitative estimate of drug-likeness (QED) is 0.408. The molecule has 0 amide bonds. The van der Waals surface area contributed by atoms with E-state index in [4.69, 9.17) is 0 Å². The lowest BCUT2D eigenvalue weighted by molar-refractivity contribution is 0.471. The van der Waals surface area contributed by atoms with E-state index in [1.165, 1.54) is 0 Å². The number of aromatic nitrogens is 2. The van der Waals surface area contributed by atoms with E-state index < -0.39 is 0 Å². The maximum absolute atomic E-state index is 11.3. The number of hydrogen-bond donors (Lipinski definition) is 2. The zero-order valence-electron chi connectivity index (χ0n) is 18.2. The Kier molecular flexibility index (Phi) is 6.03. The first kappa shape index (κ1) is 20.7. The summed E-state index contributed by atoms with van der Waals surface area (Å²) in [5.74, 6) is 0.947. The molecule has 1 atom stereocenters. The summed E-state index contributed by atoms with van der Waals surface area (Å²) >= 11 is 0. The molecule has 1 unspecified atom stereocenters. The molecule has 5 heteroatoms. The fourth-order valence-electron chi connectivity index (χ4n) is 4.02. The van der Waals surface area contributed by atoms with Crippen molar-refractivity contribution in [3.8, 4) is 5.75 Å². The van der Waals surface area contributed by atoms with Crippen LogP contribution in [0.3, 0.4) is 0 Å². The average molecular weight is 413 g/mol. The van der Waals surface area contributed by atoms with E-state index in [1.54, 1.807) is 6.20 Å². The summed E-state index contributed by atoms with van der Waals surface area (Å²) in [6, 6.07) is 21.8. The van der Waals surface area contributed by atoms with Crippen molar-refractivity contribution in [3.05, 3.63) is 89.7 Å². The zero-order valence-corrected chi connectivity index (χ0v) is 18.2. The Morgan fingerprint density at radius 2 is 1.65 bits per heavy atom. The molecule has 158 valence electrons. The minimum atomic E-state index is -0.293. The van der Waals surface area contributed by atoms with Gasteiger partial charge in [-0.1, -0.05) is 42.5 Å². The number of phenolic OH excluding ortho intramolecular Hbond substituents is 1. The third-order valence-corrected chi connectivity index (χ3v) is 5.63. The van der Waals surface area contributed by atoms with Crippen LogP contribution in [0.2, 0.25) is 0 Å². The molecule has 0 fully saturated rings. The van der Waals surface area contributed by atoms with E-state index >= 15 is 0 Å². The number of rotatable bonds is 7. The molecule has 0 aliphatic carbocycles. The molecule has 2 aromatic carbocycles. The van der Waals surface area contributed by atoms with Gasteiger partial charge in [0.15, 0.2) is 0 Å². The Morgan fingerprint density at radius 1 is 0.903 bits per heavy atom. The lowest BCUT2D eigenvalue weighted by Crippen LogP contribution is -2.25. The summed E-state index contributed by atoms with van der Waals surface area (Å²) in [6.07, 6.45) is 1.76. The van der Waals surface area contributed by atoms with Crippen molar-refractivity contribution >= 4 is 22.4 Å². The third kappa shape index (κ3) is 4.17. The minimum Gasteiger partial charge on any atom is -0.505 e. The molecule has 2 N–H and O–H groups in total.